The molecule has 0 saturated carbocycles. The molecule has 3 rings (SSSR count). The molecular formula is C21H24N2O7S. The smallest absolute Gasteiger partial charge is 0.342 e. The molecule has 1 aliphatic carbocycles. The first-order chi connectivity index (χ1) is 14.9. The maximum Gasteiger partial charge on any atom is 0.342 e. The van der Waals surface area contributed by atoms with E-state index in [1.54, 1.807) is 0 Å². The molecule has 2 amide bonds. The van der Waals surface area contributed by atoms with Crippen LogP contribution in [0.3, 0.4) is 0 Å². The van der Waals surface area contributed by atoms with Crippen molar-refractivity contribution in [3.8, 4) is 17.2 Å². The number of anilines is 1. The number of amides is 2. The van der Waals surface area contributed by atoms with Crippen molar-refractivity contribution in [1.82, 2.24) is 0 Å². The van der Waals surface area contributed by atoms with Crippen molar-refractivity contribution in [2.45, 2.75) is 25.7 Å². The molecule has 9 nitrogen and oxygen atoms in total. The number of esters is 1. The summed E-state index contributed by atoms with van der Waals surface area (Å²) >= 11 is 1.34. The number of methoxy groups -OCH3 is 3. The zero-order chi connectivity index (χ0) is 22.5. The third-order valence-electron chi connectivity index (χ3n) is 4.93. The summed E-state index contributed by atoms with van der Waals surface area (Å²) in [6, 6.07) is 2.90. The average molecular weight is 448 g/mol. The summed E-state index contributed by atoms with van der Waals surface area (Å²) in [6.07, 6.45) is 3.62. The van der Waals surface area contributed by atoms with Crippen LogP contribution in [0.1, 0.15) is 44.0 Å². The summed E-state index contributed by atoms with van der Waals surface area (Å²) < 4.78 is 20.7. The number of thiophene rings is 1. The number of aryl methyl sites for hydroxylation is 1. The van der Waals surface area contributed by atoms with Crippen molar-refractivity contribution < 1.29 is 33.3 Å². The molecule has 0 saturated heterocycles. The van der Waals surface area contributed by atoms with Crippen LogP contribution in [-0.2, 0) is 22.4 Å². The van der Waals surface area contributed by atoms with E-state index in [0.717, 1.165) is 36.1 Å². The van der Waals surface area contributed by atoms with E-state index < -0.39 is 24.4 Å². The predicted octanol–water partition coefficient (Wildman–Crippen LogP) is 2.55. The fourth-order valence-corrected chi connectivity index (χ4v) is 4.79. The van der Waals surface area contributed by atoms with Gasteiger partial charge in [0.2, 0.25) is 0 Å². The van der Waals surface area contributed by atoms with Crippen LogP contribution in [0, 0.1) is 0 Å². The number of nitrogens with two attached hydrogens (primary N) is 1. The number of carbonyl (C=O) groups is 3. The first kappa shape index (κ1) is 22.4. The minimum absolute atomic E-state index is 0.0809. The molecule has 2 aromatic rings. The minimum Gasteiger partial charge on any atom is -0.496 e. The Labute approximate surface area is 183 Å². The Morgan fingerprint density at radius 1 is 1.00 bits per heavy atom. The van der Waals surface area contributed by atoms with Crippen molar-refractivity contribution in [1.29, 1.82) is 0 Å². The number of primary amides is 1. The third-order valence-corrected chi connectivity index (χ3v) is 6.14. The summed E-state index contributed by atoms with van der Waals surface area (Å²) in [6.45, 7) is -0.545. The number of nitrogens with one attached hydrogen (secondary N) is 1. The second-order valence-electron chi connectivity index (χ2n) is 6.81. The number of hydrogen-bond donors (Lipinski definition) is 2. The molecular weight excluding hydrogens is 424 g/mol. The number of carbonyl (C=O) groups excluding carboxylic acids is 3. The Hall–Kier alpha value is -3.27. The highest BCUT2D eigenvalue weighted by Gasteiger charge is 2.25. The molecule has 1 heterocycles. The van der Waals surface area contributed by atoms with Gasteiger partial charge >= 0.3 is 5.97 Å². The van der Waals surface area contributed by atoms with Gasteiger partial charge in [-0.3, -0.25) is 9.59 Å². The zero-order valence-electron chi connectivity index (χ0n) is 17.5. The van der Waals surface area contributed by atoms with Crippen LogP contribution in [0.25, 0.3) is 0 Å². The SMILES string of the molecule is COc1cc(OC)c(C(=O)OCC(=O)Nc2sc3c(c2C(N)=O)CCCC3)cc1OC. The van der Waals surface area contributed by atoms with E-state index in [4.69, 9.17) is 24.7 Å². The Kier molecular flexibility index (Phi) is 7.01. The molecule has 0 atom stereocenters. The van der Waals surface area contributed by atoms with E-state index in [1.807, 2.05) is 0 Å². The summed E-state index contributed by atoms with van der Waals surface area (Å²) in [5.41, 5.74) is 6.87. The van der Waals surface area contributed by atoms with Gasteiger partial charge in [-0.05, 0) is 31.2 Å². The molecule has 0 spiro atoms. The maximum absolute atomic E-state index is 12.5. The summed E-state index contributed by atoms with van der Waals surface area (Å²) in [5, 5.41) is 3.04. The highest BCUT2D eigenvalue weighted by atomic mass is 32.1. The van der Waals surface area contributed by atoms with Gasteiger partial charge in [-0.25, -0.2) is 4.79 Å². The molecule has 0 fully saturated rings. The van der Waals surface area contributed by atoms with Gasteiger partial charge in [-0.15, -0.1) is 11.3 Å². The van der Waals surface area contributed by atoms with Gasteiger partial charge in [0.15, 0.2) is 18.1 Å². The highest BCUT2D eigenvalue weighted by molar-refractivity contribution is 7.17. The Morgan fingerprint density at radius 3 is 2.29 bits per heavy atom. The van der Waals surface area contributed by atoms with E-state index in [2.05, 4.69) is 5.32 Å². The first-order valence-electron chi connectivity index (χ1n) is 9.60. The van der Waals surface area contributed by atoms with Crippen molar-refractivity contribution >= 4 is 34.1 Å². The standard InChI is InChI=1S/C21H24N2O7S/c1-27-13-9-15(29-3)14(28-2)8-12(13)21(26)30-10-17(24)23-20-18(19(22)25)11-6-4-5-7-16(11)31-20/h8-9H,4-7,10H2,1-3H3,(H2,22,25)(H,23,24). The number of fused-ring (bicyclic) bond motifs is 1. The average Bonchev–Trinajstić information content (AvgIpc) is 3.14. The summed E-state index contributed by atoms with van der Waals surface area (Å²) in [4.78, 5) is 37.9. The van der Waals surface area contributed by atoms with Crippen LogP contribution in [-0.4, -0.2) is 45.7 Å². The molecule has 0 bridgehead atoms. The molecule has 166 valence electrons. The largest absolute Gasteiger partial charge is 0.496 e. The quantitative estimate of drug-likeness (QED) is 0.594. The van der Waals surface area contributed by atoms with Gasteiger partial charge in [0, 0.05) is 17.0 Å². The number of ether oxygens (including phenoxy) is 4. The Balaban J connectivity index is 1.71. The third kappa shape index (κ3) is 4.74. The zero-order valence-corrected chi connectivity index (χ0v) is 18.4. The normalized spacial score (nSPS) is 12.5. The molecule has 1 aromatic carbocycles. The van der Waals surface area contributed by atoms with E-state index >= 15 is 0 Å². The fraction of sp³-hybridized carbons (Fsp3) is 0.381. The van der Waals surface area contributed by atoms with Crippen LogP contribution in [0.5, 0.6) is 17.2 Å². The lowest BCUT2D eigenvalue weighted by atomic mass is 9.95. The fourth-order valence-electron chi connectivity index (χ4n) is 3.47. The van der Waals surface area contributed by atoms with Crippen molar-refractivity contribution in [3.63, 3.8) is 0 Å². The Morgan fingerprint density at radius 2 is 1.65 bits per heavy atom. The molecule has 3 N–H and O–H groups in total. The molecule has 31 heavy (non-hydrogen) atoms. The van der Waals surface area contributed by atoms with E-state index in [0.29, 0.717) is 22.1 Å². The second-order valence-corrected chi connectivity index (χ2v) is 7.92. The number of hydrogen-bond acceptors (Lipinski definition) is 8. The molecule has 10 heteroatoms. The predicted molar refractivity (Wildman–Crippen MR) is 114 cm³/mol. The van der Waals surface area contributed by atoms with Gasteiger partial charge < -0.3 is 30.0 Å². The highest BCUT2D eigenvalue weighted by Crippen LogP contribution is 2.38. The summed E-state index contributed by atoms with van der Waals surface area (Å²) in [7, 11) is 4.29. The monoisotopic (exact) mass is 448 g/mol. The van der Waals surface area contributed by atoms with Gasteiger partial charge in [0.05, 0.1) is 26.9 Å². The van der Waals surface area contributed by atoms with Crippen molar-refractivity contribution in [2.24, 2.45) is 5.73 Å². The van der Waals surface area contributed by atoms with Gasteiger partial charge in [-0.1, -0.05) is 0 Å². The molecule has 0 radical (unpaired) electrons. The maximum atomic E-state index is 12.5. The minimum atomic E-state index is -0.770. The number of rotatable bonds is 8. The van der Waals surface area contributed by atoms with Gasteiger partial charge in [-0.2, -0.15) is 0 Å². The van der Waals surface area contributed by atoms with Crippen LogP contribution >= 0.6 is 11.3 Å². The topological polar surface area (TPSA) is 126 Å². The lowest BCUT2D eigenvalue weighted by Gasteiger charge is -2.13. The number of benzene rings is 1. The van der Waals surface area contributed by atoms with Crippen LogP contribution < -0.4 is 25.3 Å². The lowest BCUT2D eigenvalue weighted by Crippen LogP contribution is -2.23. The van der Waals surface area contributed by atoms with E-state index in [-0.39, 0.29) is 11.3 Å². The molecule has 0 unspecified atom stereocenters. The van der Waals surface area contributed by atoms with Crippen LogP contribution in [0.2, 0.25) is 0 Å². The first-order valence-corrected chi connectivity index (χ1v) is 10.4. The van der Waals surface area contributed by atoms with Gasteiger partial charge in [0.25, 0.3) is 11.8 Å². The molecule has 0 aliphatic heterocycles. The second kappa shape index (κ2) is 9.69. The van der Waals surface area contributed by atoms with Gasteiger partial charge in [0.1, 0.15) is 16.3 Å². The van der Waals surface area contributed by atoms with Crippen LogP contribution in [0.4, 0.5) is 5.00 Å². The Bertz CT molecular complexity index is 1020. The molecule has 1 aromatic heterocycles. The van der Waals surface area contributed by atoms with Crippen molar-refractivity contribution in [3.05, 3.63) is 33.7 Å². The lowest BCUT2D eigenvalue weighted by molar-refractivity contribution is -0.119. The molecule has 1 aliphatic rings. The summed E-state index contributed by atoms with van der Waals surface area (Å²) in [5.74, 6) is -1.02. The van der Waals surface area contributed by atoms with Crippen molar-refractivity contribution in [2.75, 3.05) is 33.3 Å². The van der Waals surface area contributed by atoms with E-state index in [9.17, 15) is 14.4 Å². The van der Waals surface area contributed by atoms with E-state index in [1.165, 1.54) is 44.8 Å². The van der Waals surface area contributed by atoms with Crippen LogP contribution in [0.15, 0.2) is 12.1 Å².